The minimum atomic E-state index is -0.260. The Morgan fingerprint density at radius 2 is 1.87 bits per heavy atom. The third-order valence-corrected chi connectivity index (χ3v) is 9.79. The fourth-order valence-electron chi connectivity index (χ4n) is 7.86. The second-order valence-electron chi connectivity index (χ2n) is 12.7. The fourth-order valence-corrected chi connectivity index (χ4v) is 7.86. The summed E-state index contributed by atoms with van der Waals surface area (Å²) in [6.07, 6.45) is 10.4. The van der Waals surface area contributed by atoms with Crippen LogP contribution in [-0.2, 0) is 9.53 Å². The zero-order valence-electron chi connectivity index (χ0n) is 20.2. The molecule has 4 aliphatic carbocycles. The fraction of sp³-hybridized carbons (Fsp3) is 0.889. The van der Waals surface area contributed by atoms with Gasteiger partial charge in [0.2, 0.25) is 0 Å². The maximum atomic E-state index is 13.4. The van der Waals surface area contributed by atoms with Gasteiger partial charge in [0.05, 0.1) is 12.2 Å². The van der Waals surface area contributed by atoms with Gasteiger partial charge >= 0.3 is 0 Å². The Morgan fingerprint density at radius 3 is 2.57 bits per heavy atom. The Hall–Kier alpha value is -0.670. The van der Waals surface area contributed by atoms with E-state index in [4.69, 9.17) is 4.74 Å². The van der Waals surface area contributed by atoms with Gasteiger partial charge in [0.25, 0.3) is 0 Å². The molecule has 0 aliphatic heterocycles. The quantitative estimate of drug-likeness (QED) is 0.616. The molecular formula is C27H44O3. The number of ketones is 1. The minimum Gasteiger partial charge on any atom is -0.393 e. The summed E-state index contributed by atoms with van der Waals surface area (Å²) in [6, 6.07) is 0. The van der Waals surface area contributed by atoms with Crippen molar-refractivity contribution in [3.05, 3.63) is 11.6 Å². The number of hydrogen-bond donors (Lipinski definition) is 1. The predicted octanol–water partition coefficient (Wildman–Crippen LogP) is 5.95. The van der Waals surface area contributed by atoms with E-state index in [2.05, 4.69) is 41.5 Å². The average Bonchev–Trinajstić information content (AvgIpc) is 2.99. The van der Waals surface area contributed by atoms with Crippen LogP contribution >= 0.6 is 0 Å². The summed E-state index contributed by atoms with van der Waals surface area (Å²) in [7, 11) is 0. The van der Waals surface area contributed by atoms with Gasteiger partial charge in [-0.25, -0.2) is 0 Å². The lowest BCUT2D eigenvalue weighted by molar-refractivity contribution is -0.137. The number of fused-ring (bicyclic) bond motifs is 5. The monoisotopic (exact) mass is 416 g/mol. The molecule has 0 unspecified atom stereocenters. The third kappa shape index (κ3) is 3.72. The van der Waals surface area contributed by atoms with Gasteiger partial charge in [-0.05, 0) is 98.4 Å². The minimum absolute atomic E-state index is 0.117. The Bertz CT molecular complexity index is 703. The summed E-state index contributed by atoms with van der Waals surface area (Å²) in [5.74, 6) is 2.05. The lowest BCUT2D eigenvalue weighted by Gasteiger charge is -2.57. The van der Waals surface area contributed by atoms with Gasteiger partial charge in [-0.3, -0.25) is 4.79 Å². The normalized spacial score (nSPS) is 44.7. The van der Waals surface area contributed by atoms with Crippen molar-refractivity contribution in [2.45, 2.75) is 105 Å². The highest BCUT2D eigenvalue weighted by Crippen LogP contribution is 2.66. The molecule has 0 aromatic heterocycles. The molecule has 0 saturated heterocycles. The summed E-state index contributed by atoms with van der Waals surface area (Å²) in [6.45, 7) is 14.8. The lowest BCUT2D eigenvalue weighted by atomic mass is 9.47. The molecule has 3 heteroatoms. The molecule has 4 aliphatic rings. The van der Waals surface area contributed by atoms with Crippen molar-refractivity contribution in [3.63, 3.8) is 0 Å². The zero-order valence-corrected chi connectivity index (χ0v) is 20.2. The smallest absolute Gasteiger partial charge is 0.159 e. The van der Waals surface area contributed by atoms with E-state index in [1.54, 1.807) is 0 Å². The first kappa shape index (κ1) is 22.5. The molecule has 3 saturated carbocycles. The molecule has 0 bridgehead atoms. The van der Waals surface area contributed by atoms with E-state index in [0.717, 1.165) is 32.3 Å². The lowest BCUT2D eigenvalue weighted by Crippen LogP contribution is -2.54. The first-order valence-electron chi connectivity index (χ1n) is 12.5. The number of aliphatic hydroxyl groups excluding tert-OH is 1. The number of carbonyl (C=O) groups excluding carboxylic acids is 1. The molecule has 4 rings (SSSR count). The first-order chi connectivity index (χ1) is 14.0. The van der Waals surface area contributed by atoms with Crippen molar-refractivity contribution < 1.29 is 14.6 Å². The summed E-state index contributed by atoms with van der Waals surface area (Å²) < 4.78 is 6.37. The molecule has 170 valence electrons. The number of carbonyl (C=O) groups is 1. The molecule has 0 spiro atoms. The maximum Gasteiger partial charge on any atom is 0.159 e. The van der Waals surface area contributed by atoms with Crippen LogP contribution in [0.5, 0.6) is 0 Å². The molecule has 0 amide bonds. The van der Waals surface area contributed by atoms with Crippen molar-refractivity contribution >= 4 is 5.78 Å². The van der Waals surface area contributed by atoms with Crippen LogP contribution in [0.4, 0.5) is 0 Å². The number of hydrogen-bond acceptors (Lipinski definition) is 3. The highest BCUT2D eigenvalue weighted by Gasteiger charge is 2.61. The average molecular weight is 417 g/mol. The van der Waals surface area contributed by atoms with Gasteiger partial charge in [-0.1, -0.05) is 40.2 Å². The molecule has 0 heterocycles. The molecule has 8 atom stereocenters. The van der Waals surface area contributed by atoms with Crippen LogP contribution in [0.25, 0.3) is 0 Å². The SMILES string of the molecule is C[C@H](OCCC(C)(C)C)[C@H]1CC[C@H]2[C@@H]3C(=O)C=C4C[C@@H](O)CC[C@]4(C)[C@H]3CC[C@]12C. The third-order valence-electron chi connectivity index (χ3n) is 9.79. The van der Waals surface area contributed by atoms with E-state index < -0.39 is 0 Å². The van der Waals surface area contributed by atoms with Crippen LogP contribution in [0.3, 0.4) is 0 Å². The van der Waals surface area contributed by atoms with E-state index in [1.807, 2.05) is 6.08 Å². The number of aliphatic hydroxyl groups is 1. The highest BCUT2D eigenvalue weighted by molar-refractivity contribution is 5.94. The van der Waals surface area contributed by atoms with Gasteiger partial charge in [0.15, 0.2) is 5.78 Å². The van der Waals surface area contributed by atoms with Crippen molar-refractivity contribution in [1.29, 1.82) is 0 Å². The Balaban J connectivity index is 1.52. The van der Waals surface area contributed by atoms with E-state index in [-0.39, 0.29) is 29.0 Å². The van der Waals surface area contributed by atoms with Crippen molar-refractivity contribution in [2.24, 2.45) is 39.9 Å². The molecule has 30 heavy (non-hydrogen) atoms. The molecule has 1 N–H and O–H groups in total. The molecule has 3 fully saturated rings. The Morgan fingerprint density at radius 1 is 1.13 bits per heavy atom. The van der Waals surface area contributed by atoms with Gasteiger partial charge < -0.3 is 9.84 Å². The first-order valence-corrected chi connectivity index (χ1v) is 12.5. The molecule has 0 aromatic carbocycles. The summed E-state index contributed by atoms with van der Waals surface area (Å²) in [4.78, 5) is 13.4. The van der Waals surface area contributed by atoms with Crippen LogP contribution in [0.2, 0.25) is 0 Å². The van der Waals surface area contributed by atoms with Crippen LogP contribution in [0, 0.1) is 39.9 Å². The standard InChI is InChI=1S/C27H44O3/c1-17(30-14-13-25(2,3)4)20-7-8-21-24-22(10-12-27(20,21)6)26(5)11-9-19(28)15-18(26)16-23(24)29/h16-17,19-22,24,28H,7-15H2,1-6H3/t17-,19-,20+,21-,22-,24-,26-,27+/m0/s1. The number of rotatable bonds is 4. The number of ether oxygens (including phenoxy) is 1. The van der Waals surface area contributed by atoms with Crippen LogP contribution in [-0.4, -0.2) is 29.7 Å². The van der Waals surface area contributed by atoms with Gasteiger partial charge in [-0.2, -0.15) is 0 Å². The predicted molar refractivity (Wildman–Crippen MR) is 121 cm³/mol. The second-order valence-corrected chi connectivity index (χ2v) is 12.7. The van der Waals surface area contributed by atoms with Gasteiger partial charge in [0, 0.05) is 12.5 Å². The van der Waals surface area contributed by atoms with E-state index in [1.165, 1.54) is 24.8 Å². The maximum absolute atomic E-state index is 13.4. The van der Waals surface area contributed by atoms with Crippen LogP contribution in [0.15, 0.2) is 11.6 Å². The second kappa shape index (κ2) is 7.73. The van der Waals surface area contributed by atoms with Crippen molar-refractivity contribution in [3.8, 4) is 0 Å². The summed E-state index contributed by atoms with van der Waals surface area (Å²) >= 11 is 0. The summed E-state index contributed by atoms with van der Waals surface area (Å²) in [5.41, 5.74) is 1.88. The topological polar surface area (TPSA) is 46.5 Å². The molecular weight excluding hydrogens is 372 g/mol. The Labute approximate surface area is 184 Å². The van der Waals surface area contributed by atoms with Gasteiger partial charge in [0.1, 0.15) is 0 Å². The largest absolute Gasteiger partial charge is 0.393 e. The number of allylic oxidation sites excluding steroid dienone is 1. The molecule has 0 radical (unpaired) electrons. The van der Waals surface area contributed by atoms with E-state index >= 15 is 0 Å². The highest BCUT2D eigenvalue weighted by atomic mass is 16.5. The van der Waals surface area contributed by atoms with Crippen molar-refractivity contribution in [1.82, 2.24) is 0 Å². The van der Waals surface area contributed by atoms with E-state index in [0.29, 0.717) is 35.4 Å². The van der Waals surface area contributed by atoms with Crippen molar-refractivity contribution in [2.75, 3.05) is 6.61 Å². The van der Waals surface area contributed by atoms with Crippen LogP contribution < -0.4 is 0 Å². The molecule has 0 aromatic rings. The summed E-state index contributed by atoms with van der Waals surface area (Å²) in [5, 5.41) is 10.2. The zero-order chi connectivity index (χ0) is 21.9. The Kier molecular flexibility index (Phi) is 5.80. The van der Waals surface area contributed by atoms with E-state index in [9.17, 15) is 9.90 Å². The van der Waals surface area contributed by atoms with Gasteiger partial charge in [-0.15, -0.1) is 0 Å². The molecule has 3 nitrogen and oxygen atoms in total. The van der Waals surface area contributed by atoms with Crippen LogP contribution in [0.1, 0.15) is 92.9 Å².